The summed E-state index contributed by atoms with van der Waals surface area (Å²) in [6, 6.07) is 4.41. The summed E-state index contributed by atoms with van der Waals surface area (Å²) in [7, 11) is 3.03. The fraction of sp³-hybridized carbons (Fsp3) is 0.143. The highest BCUT2D eigenvalue weighted by Gasteiger charge is 2.16. The molecule has 1 aromatic carbocycles. The number of rotatable bonds is 3. The lowest BCUT2D eigenvalue weighted by molar-refractivity contribution is 0.405. The van der Waals surface area contributed by atoms with E-state index in [9.17, 15) is 4.39 Å². The molecule has 4 rings (SSSR count). The Labute approximate surface area is 127 Å². The second-order valence-electron chi connectivity index (χ2n) is 4.56. The largest absolute Gasteiger partial charge is 0.493 e. The van der Waals surface area contributed by atoms with Crippen molar-refractivity contribution in [2.24, 2.45) is 0 Å². The van der Waals surface area contributed by atoms with Crippen LogP contribution in [-0.4, -0.2) is 28.8 Å². The van der Waals surface area contributed by atoms with Crippen molar-refractivity contribution >= 4 is 27.3 Å². The van der Waals surface area contributed by atoms with E-state index < -0.39 is 0 Å². The predicted octanol–water partition coefficient (Wildman–Crippen LogP) is 3.36. The van der Waals surface area contributed by atoms with Crippen LogP contribution in [0.25, 0.3) is 27.4 Å². The topological polar surface area (TPSA) is 61.8 Å². The summed E-state index contributed by atoms with van der Waals surface area (Å²) in [4.78, 5) is 5.12. The molecule has 0 N–H and O–H groups in total. The molecule has 3 heterocycles. The fourth-order valence-electron chi connectivity index (χ4n) is 2.25. The molecule has 0 aliphatic heterocycles. The molecule has 4 aromatic rings. The minimum atomic E-state index is -0.381. The normalized spacial score (nSPS) is 11.4. The number of methoxy groups -OCH3 is 2. The van der Waals surface area contributed by atoms with Gasteiger partial charge in [0.2, 0.25) is 4.96 Å². The molecule has 6 nitrogen and oxygen atoms in total. The Morgan fingerprint density at radius 3 is 2.82 bits per heavy atom. The minimum absolute atomic E-state index is 0.349. The van der Waals surface area contributed by atoms with E-state index in [0.717, 1.165) is 0 Å². The van der Waals surface area contributed by atoms with E-state index in [1.807, 2.05) is 0 Å². The number of benzene rings is 1. The zero-order valence-electron chi connectivity index (χ0n) is 11.7. The molecule has 112 valence electrons. The second kappa shape index (κ2) is 4.70. The first kappa shape index (κ1) is 13.1. The van der Waals surface area contributed by atoms with Gasteiger partial charge in [0.05, 0.1) is 20.4 Å². The van der Waals surface area contributed by atoms with Crippen LogP contribution in [0.1, 0.15) is 0 Å². The summed E-state index contributed by atoms with van der Waals surface area (Å²) in [5.41, 5.74) is 1.10. The van der Waals surface area contributed by atoms with E-state index in [4.69, 9.17) is 13.9 Å². The number of imidazole rings is 1. The van der Waals surface area contributed by atoms with Crippen LogP contribution in [0.3, 0.4) is 0 Å². The van der Waals surface area contributed by atoms with Crippen molar-refractivity contribution in [3.63, 3.8) is 0 Å². The molecule has 0 amide bonds. The van der Waals surface area contributed by atoms with Gasteiger partial charge in [0.15, 0.2) is 17.1 Å². The molecule has 8 heteroatoms. The highest BCUT2D eigenvalue weighted by molar-refractivity contribution is 7.18. The van der Waals surface area contributed by atoms with Crippen LogP contribution in [0.2, 0.25) is 0 Å². The van der Waals surface area contributed by atoms with Gasteiger partial charge in [0.25, 0.3) is 5.19 Å². The van der Waals surface area contributed by atoms with Crippen LogP contribution in [0.5, 0.6) is 10.9 Å². The first-order chi connectivity index (χ1) is 10.7. The first-order valence-corrected chi connectivity index (χ1v) is 7.17. The number of halogens is 1. The van der Waals surface area contributed by atoms with Crippen LogP contribution in [-0.2, 0) is 0 Å². The summed E-state index contributed by atoms with van der Waals surface area (Å²) in [6.45, 7) is 0. The van der Waals surface area contributed by atoms with Gasteiger partial charge in [-0.1, -0.05) is 0 Å². The van der Waals surface area contributed by atoms with E-state index in [1.54, 1.807) is 23.9 Å². The van der Waals surface area contributed by atoms with Crippen molar-refractivity contribution in [2.45, 2.75) is 0 Å². The highest BCUT2D eigenvalue weighted by atomic mass is 32.1. The van der Waals surface area contributed by atoms with Gasteiger partial charge < -0.3 is 13.9 Å². The second-order valence-corrected chi connectivity index (χ2v) is 5.48. The number of furan rings is 1. The van der Waals surface area contributed by atoms with Crippen molar-refractivity contribution in [1.29, 1.82) is 0 Å². The summed E-state index contributed by atoms with van der Waals surface area (Å²) in [5.74, 6) is 0.492. The SMILES string of the molecule is COc1nn2cc(-c3cc4cc(F)cc(OC)c4o3)nc2s1. The lowest BCUT2D eigenvalue weighted by Crippen LogP contribution is -1.84. The van der Waals surface area contributed by atoms with Gasteiger partial charge in [-0.05, 0) is 23.5 Å². The molecule has 0 saturated carbocycles. The highest BCUT2D eigenvalue weighted by Crippen LogP contribution is 2.34. The van der Waals surface area contributed by atoms with E-state index in [2.05, 4.69) is 10.1 Å². The van der Waals surface area contributed by atoms with Crippen molar-refractivity contribution in [1.82, 2.24) is 14.6 Å². The molecular weight excluding hydrogens is 309 g/mol. The molecule has 0 fully saturated rings. The van der Waals surface area contributed by atoms with Crippen LogP contribution in [0.15, 0.2) is 28.8 Å². The summed E-state index contributed by atoms with van der Waals surface area (Å²) >= 11 is 1.32. The van der Waals surface area contributed by atoms with E-state index in [-0.39, 0.29) is 5.82 Å². The molecule has 3 aromatic heterocycles. The zero-order chi connectivity index (χ0) is 15.3. The number of hydrogen-bond donors (Lipinski definition) is 0. The van der Waals surface area contributed by atoms with Crippen LogP contribution in [0.4, 0.5) is 4.39 Å². The molecule has 0 radical (unpaired) electrons. The molecule has 0 spiro atoms. The Balaban J connectivity index is 1.86. The van der Waals surface area contributed by atoms with E-state index in [0.29, 0.717) is 38.3 Å². The number of fused-ring (bicyclic) bond motifs is 2. The standard InChI is InChI=1S/C14H10FN3O3S/c1-19-11-5-8(15)3-7-4-10(21-12(7)11)9-6-18-13(16-9)22-14(17-18)20-2/h3-6H,1-2H3. The van der Waals surface area contributed by atoms with Crippen LogP contribution < -0.4 is 9.47 Å². The molecular formula is C14H10FN3O3S. The Bertz CT molecular complexity index is 957. The van der Waals surface area contributed by atoms with Gasteiger partial charge >= 0.3 is 0 Å². The maximum Gasteiger partial charge on any atom is 0.294 e. The zero-order valence-corrected chi connectivity index (χ0v) is 12.5. The van der Waals surface area contributed by atoms with Gasteiger partial charge in [0, 0.05) is 11.5 Å². The molecule has 0 aliphatic rings. The third-order valence-electron chi connectivity index (χ3n) is 3.22. The average molecular weight is 319 g/mol. The van der Waals surface area contributed by atoms with Crippen molar-refractivity contribution in [3.05, 3.63) is 30.2 Å². The first-order valence-electron chi connectivity index (χ1n) is 6.35. The fourth-order valence-corrected chi connectivity index (χ4v) is 2.95. The quantitative estimate of drug-likeness (QED) is 0.579. The Morgan fingerprint density at radius 1 is 1.23 bits per heavy atom. The Morgan fingerprint density at radius 2 is 2.09 bits per heavy atom. The number of hydrogen-bond acceptors (Lipinski definition) is 6. The van der Waals surface area contributed by atoms with Crippen molar-refractivity contribution < 1.29 is 18.3 Å². The maximum absolute atomic E-state index is 13.5. The van der Waals surface area contributed by atoms with Gasteiger partial charge in [0.1, 0.15) is 11.5 Å². The number of nitrogens with zero attached hydrogens (tertiary/aromatic N) is 3. The third kappa shape index (κ3) is 1.92. The minimum Gasteiger partial charge on any atom is -0.493 e. The monoisotopic (exact) mass is 319 g/mol. The van der Waals surface area contributed by atoms with Crippen LogP contribution >= 0.6 is 11.3 Å². The molecule has 0 aliphatic carbocycles. The van der Waals surface area contributed by atoms with Gasteiger partial charge in [-0.15, -0.1) is 5.10 Å². The Kier molecular flexibility index (Phi) is 2.80. The van der Waals surface area contributed by atoms with Gasteiger partial charge in [-0.3, -0.25) is 0 Å². The lowest BCUT2D eigenvalue weighted by Gasteiger charge is -1.99. The molecule has 0 bridgehead atoms. The molecule has 0 unspecified atom stereocenters. The summed E-state index contributed by atoms with van der Waals surface area (Å²) < 4.78 is 31.1. The molecule has 0 saturated heterocycles. The summed E-state index contributed by atoms with van der Waals surface area (Å²) in [6.07, 6.45) is 1.73. The van der Waals surface area contributed by atoms with Crippen molar-refractivity contribution in [2.75, 3.05) is 14.2 Å². The number of ether oxygens (including phenoxy) is 2. The molecule has 22 heavy (non-hydrogen) atoms. The lowest BCUT2D eigenvalue weighted by atomic mass is 10.2. The molecule has 0 atom stereocenters. The Hall–Kier alpha value is -2.61. The van der Waals surface area contributed by atoms with Gasteiger partial charge in [-0.2, -0.15) is 0 Å². The van der Waals surface area contributed by atoms with E-state index in [1.165, 1.54) is 30.6 Å². The number of aromatic nitrogens is 3. The predicted molar refractivity (Wildman–Crippen MR) is 79.1 cm³/mol. The third-order valence-corrected chi connectivity index (χ3v) is 4.10. The van der Waals surface area contributed by atoms with E-state index >= 15 is 0 Å². The van der Waals surface area contributed by atoms with Gasteiger partial charge in [-0.25, -0.2) is 13.9 Å². The average Bonchev–Trinajstić information content (AvgIpc) is 3.16. The smallest absolute Gasteiger partial charge is 0.294 e. The van der Waals surface area contributed by atoms with Crippen molar-refractivity contribution in [3.8, 4) is 22.4 Å². The maximum atomic E-state index is 13.5. The van der Waals surface area contributed by atoms with Crippen LogP contribution in [0, 0.1) is 5.82 Å². The summed E-state index contributed by atoms with van der Waals surface area (Å²) in [5, 5.41) is 5.35.